The summed E-state index contributed by atoms with van der Waals surface area (Å²) in [4.78, 5) is 0. The van der Waals surface area contributed by atoms with E-state index in [2.05, 4.69) is 65.8 Å². The highest BCUT2D eigenvalue weighted by Gasteiger charge is 2.34. The third-order valence-corrected chi connectivity index (χ3v) is 6.49. The van der Waals surface area contributed by atoms with Crippen molar-refractivity contribution in [1.82, 2.24) is 0 Å². The van der Waals surface area contributed by atoms with Crippen molar-refractivity contribution < 1.29 is 18.9 Å². The van der Waals surface area contributed by atoms with Gasteiger partial charge in [-0.25, -0.2) is 0 Å². The Hall–Kier alpha value is -2.04. The first-order chi connectivity index (χ1) is 16.1. The molecule has 0 aromatic heterocycles. The molecule has 1 aliphatic carbocycles. The van der Waals surface area contributed by atoms with E-state index >= 15 is 0 Å². The molecule has 0 aliphatic heterocycles. The van der Waals surface area contributed by atoms with Gasteiger partial charge in [-0.3, -0.25) is 0 Å². The van der Waals surface area contributed by atoms with Crippen molar-refractivity contribution in [1.29, 1.82) is 0 Å². The van der Waals surface area contributed by atoms with E-state index in [1.807, 2.05) is 24.3 Å². The van der Waals surface area contributed by atoms with Gasteiger partial charge in [0.25, 0.3) is 0 Å². The molecule has 2 aromatic carbocycles. The number of ether oxygens (including phenoxy) is 4. The van der Waals surface area contributed by atoms with E-state index in [4.69, 9.17) is 18.9 Å². The maximum Gasteiger partial charge on any atom is 0.168 e. The molecule has 0 radical (unpaired) electrons. The molecule has 3 rings (SSSR count). The van der Waals surface area contributed by atoms with Crippen LogP contribution in [0.3, 0.4) is 0 Å². The van der Waals surface area contributed by atoms with Crippen molar-refractivity contribution in [2.24, 2.45) is 0 Å². The predicted octanol–water partition coefficient (Wildman–Crippen LogP) is 7.43. The Morgan fingerprint density at radius 2 is 0.941 bits per heavy atom. The lowest BCUT2D eigenvalue weighted by atomic mass is 9.87. The van der Waals surface area contributed by atoms with E-state index in [0.29, 0.717) is 26.4 Å². The highest BCUT2D eigenvalue weighted by molar-refractivity contribution is 5.31. The molecule has 0 bridgehead atoms. The van der Waals surface area contributed by atoms with Gasteiger partial charge in [-0.15, -0.1) is 0 Å². The molecule has 0 unspecified atom stereocenters. The Morgan fingerprint density at radius 3 is 1.29 bits per heavy atom. The summed E-state index contributed by atoms with van der Waals surface area (Å²) in [5, 5.41) is 0. The van der Waals surface area contributed by atoms with Gasteiger partial charge in [-0.2, -0.15) is 0 Å². The van der Waals surface area contributed by atoms with Crippen LogP contribution in [0, 0.1) is 0 Å². The lowest BCUT2D eigenvalue weighted by Gasteiger charge is -2.37. The second-order valence-corrected chi connectivity index (χ2v) is 11.4. The fraction of sp³-hybridized carbons (Fsp3) is 0.600. The summed E-state index contributed by atoms with van der Waals surface area (Å²) in [6, 6.07) is 16.7. The molecule has 0 amide bonds. The normalized spacial score (nSPS) is 16.3. The summed E-state index contributed by atoms with van der Waals surface area (Å²) in [7, 11) is 0. The maximum atomic E-state index is 6.27. The maximum absolute atomic E-state index is 6.27. The Kier molecular flexibility index (Phi) is 9.06. The van der Waals surface area contributed by atoms with Crippen LogP contribution in [-0.2, 0) is 20.3 Å². The number of benzene rings is 2. The zero-order valence-corrected chi connectivity index (χ0v) is 22.1. The van der Waals surface area contributed by atoms with Crippen LogP contribution in [0.5, 0.6) is 11.5 Å². The molecule has 4 heteroatoms. The van der Waals surface area contributed by atoms with Crippen LogP contribution in [0.4, 0.5) is 0 Å². The fourth-order valence-corrected chi connectivity index (χ4v) is 4.30. The molecule has 0 saturated heterocycles. The molecule has 1 fully saturated rings. The van der Waals surface area contributed by atoms with Crippen LogP contribution >= 0.6 is 0 Å². The van der Waals surface area contributed by atoms with E-state index < -0.39 is 5.79 Å². The lowest BCUT2D eigenvalue weighted by molar-refractivity contribution is -0.256. The monoisotopic (exact) mass is 468 g/mol. The minimum absolute atomic E-state index is 0.145. The van der Waals surface area contributed by atoms with Crippen LogP contribution in [0.2, 0.25) is 0 Å². The van der Waals surface area contributed by atoms with Gasteiger partial charge in [0.15, 0.2) is 5.79 Å². The predicted molar refractivity (Wildman–Crippen MR) is 139 cm³/mol. The molecule has 188 valence electrons. The van der Waals surface area contributed by atoms with E-state index in [1.165, 1.54) is 17.5 Å². The molecule has 0 heterocycles. The van der Waals surface area contributed by atoms with Crippen LogP contribution in [0.25, 0.3) is 0 Å². The van der Waals surface area contributed by atoms with Gasteiger partial charge in [0.05, 0.1) is 13.2 Å². The molecule has 1 aliphatic rings. The van der Waals surface area contributed by atoms with E-state index in [0.717, 1.165) is 37.2 Å². The van der Waals surface area contributed by atoms with Crippen molar-refractivity contribution in [3.8, 4) is 11.5 Å². The summed E-state index contributed by atoms with van der Waals surface area (Å²) < 4.78 is 24.4. The number of hydrogen-bond donors (Lipinski definition) is 0. The minimum atomic E-state index is -0.517. The van der Waals surface area contributed by atoms with Gasteiger partial charge in [0.1, 0.15) is 24.7 Å². The summed E-state index contributed by atoms with van der Waals surface area (Å²) in [6.07, 6.45) is 5.34. The van der Waals surface area contributed by atoms with E-state index in [1.54, 1.807) is 0 Å². The van der Waals surface area contributed by atoms with Gasteiger partial charge in [-0.05, 0) is 59.1 Å². The van der Waals surface area contributed by atoms with Crippen LogP contribution < -0.4 is 9.47 Å². The van der Waals surface area contributed by atoms with Crippen LogP contribution in [-0.4, -0.2) is 32.2 Å². The van der Waals surface area contributed by atoms with Crippen molar-refractivity contribution in [2.45, 2.75) is 90.3 Å². The Bertz CT molecular complexity index is 783. The Morgan fingerprint density at radius 1 is 0.559 bits per heavy atom. The highest BCUT2D eigenvalue weighted by Crippen LogP contribution is 2.33. The summed E-state index contributed by atoms with van der Waals surface area (Å²) in [5.74, 6) is 1.24. The molecule has 0 spiro atoms. The quantitative estimate of drug-likeness (QED) is 0.268. The van der Waals surface area contributed by atoms with Gasteiger partial charge in [0.2, 0.25) is 0 Å². The largest absolute Gasteiger partial charge is 0.491 e. The molecule has 34 heavy (non-hydrogen) atoms. The molecule has 0 N–H and O–H groups in total. The van der Waals surface area contributed by atoms with E-state index in [9.17, 15) is 0 Å². The summed E-state index contributed by atoms with van der Waals surface area (Å²) in [6.45, 7) is 15.3. The van der Waals surface area contributed by atoms with Gasteiger partial charge in [0, 0.05) is 12.8 Å². The average Bonchev–Trinajstić information content (AvgIpc) is 2.80. The number of rotatable bonds is 10. The highest BCUT2D eigenvalue weighted by atomic mass is 16.7. The zero-order chi connectivity index (χ0) is 24.7. The van der Waals surface area contributed by atoms with Crippen molar-refractivity contribution in [2.75, 3.05) is 26.4 Å². The standard InChI is InChI=1S/C30H44O4/c1-28(2,3)24-10-14-26(15-11-24)31-20-22-33-30(18-8-7-9-19-30)34-23-21-32-27-16-12-25(13-17-27)29(4,5)6/h10-17H,7-9,18-23H2,1-6H3. The topological polar surface area (TPSA) is 36.9 Å². The van der Waals surface area contributed by atoms with Crippen molar-refractivity contribution in [3.63, 3.8) is 0 Å². The Balaban J connectivity index is 1.42. The summed E-state index contributed by atoms with van der Waals surface area (Å²) in [5.41, 5.74) is 2.90. The molecular formula is C30H44O4. The Labute approximate surface area is 207 Å². The molecule has 0 atom stereocenters. The van der Waals surface area contributed by atoms with E-state index in [-0.39, 0.29) is 10.8 Å². The lowest BCUT2D eigenvalue weighted by Crippen LogP contribution is -2.40. The second-order valence-electron chi connectivity index (χ2n) is 11.4. The smallest absolute Gasteiger partial charge is 0.168 e. The second kappa shape index (κ2) is 11.6. The SMILES string of the molecule is CC(C)(C)c1ccc(OCCOC2(OCCOc3ccc(C(C)(C)C)cc3)CCCCC2)cc1. The van der Waals surface area contributed by atoms with Gasteiger partial charge >= 0.3 is 0 Å². The third kappa shape index (κ3) is 8.02. The van der Waals surface area contributed by atoms with Gasteiger partial charge in [-0.1, -0.05) is 72.2 Å². The minimum Gasteiger partial charge on any atom is -0.491 e. The van der Waals surface area contributed by atoms with Gasteiger partial charge < -0.3 is 18.9 Å². The zero-order valence-electron chi connectivity index (χ0n) is 22.1. The number of hydrogen-bond acceptors (Lipinski definition) is 4. The molecular weight excluding hydrogens is 424 g/mol. The molecule has 4 nitrogen and oxygen atoms in total. The fourth-order valence-electron chi connectivity index (χ4n) is 4.30. The van der Waals surface area contributed by atoms with Crippen LogP contribution in [0.15, 0.2) is 48.5 Å². The van der Waals surface area contributed by atoms with Crippen molar-refractivity contribution >= 4 is 0 Å². The van der Waals surface area contributed by atoms with Crippen LogP contribution in [0.1, 0.15) is 84.8 Å². The third-order valence-electron chi connectivity index (χ3n) is 6.49. The first-order valence-corrected chi connectivity index (χ1v) is 12.8. The first kappa shape index (κ1) is 26.6. The molecule has 2 aromatic rings. The first-order valence-electron chi connectivity index (χ1n) is 12.8. The van der Waals surface area contributed by atoms with Crippen molar-refractivity contribution in [3.05, 3.63) is 59.7 Å². The summed E-state index contributed by atoms with van der Waals surface area (Å²) >= 11 is 0. The molecule has 1 saturated carbocycles. The average molecular weight is 469 g/mol.